The third-order valence-electron chi connectivity index (χ3n) is 2.82. The van der Waals surface area contributed by atoms with Gasteiger partial charge in [-0.25, -0.2) is 13.1 Å². The normalized spacial score (nSPS) is 13.4. The predicted octanol–water partition coefficient (Wildman–Crippen LogP) is 1.57. The van der Waals surface area contributed by atoms with Crippen LogP contribution in [0.2, 0.25) is 0 Å². The molecule has 0 heterocycles. The average Bonchev–Trinajstić information content (AvgIpc) is 2.36. The number of ketones is 1. The van der Waals surface area contributed by atoms with Gasteiger partial charge in [-0.2, -0.15) is 0 Å². The van der Waals surface area contributed by atoms with Crippen LogP contribution in [0, 0.1) is 5.92 Å². The Hall–Kier alpha value is -1.24. The number of hydrogen-bond donors (Lipinski definition) is 2. The molecule has 0 aliphatic rings. The minimum absolute atomic E-state index is 0.0189. The fourth-order valence-electron chi connectivity index (χ4n) is 1.79. The Kier molecular flexibility index (Phi) is 5.86. The fourth-order valence-corrected chi connectivity index (χ4v) is 2.86. The maximum absolute atomic E-state index is 12.0. The fraction of sp³-hybridized carbons (Fsp3) is 0.500. The van der Waals surface area contributed by atoms with Crippen molar-refractivity contribution >= 4 is 15.8 Å². The number of rotatable bonds is 7. The van der Waals surface area contributed by atoms with Gasteiger partial charge in [0.25, 0.3) is 0 Å². The van der Waals surface area contributed by atoms with Crippen LogP contribution in [0.3, 0.4) is 0 Å². The zero-order chi connectivity index (χ0) is 15.3. The van der Waals surface area contributed by atoms with E-state index in [4.69, 9.17) is 0 Å². The summed E-state index contributed by atoms with van der Waals surface area (Å²) >= 11 is 0. The number of aliphatic hydroxyl groups excluding tert-OH is 1. The van der Waals surface area contributed by atoms with E-state index in [1.54, 1.807) is 0 Å². The summed E-state index contributed by atoms with van der Waals surface area (Å²) in [5, 5.41) is 9.68. The van der Waals surface area contributed by atoms with Gasteiger partial charge < -0.3 is 5.11 Å². The summed E-state index contributed by atoms with van der Waals surface area (Å²) in [4.78, 5) is 11.2. The first kappa shape index (κ1) is 16.8. The molecule has 1 aromatic rings. The van der Waals surface area contributed by atoms with Gasteiger partial charge in [0.15, 0.2) is 5.78 Å². The molecule has 0 saturated carbocycles. The molecular weight excluding hydrogens is 278 g/mol. The number of aliphatic hydroxyl groups is 1. The number of hydrogen-bond acceptors (Lipinski definition) is 4. The van der Waals surface area contributed by atoms with Crippen molar-refractivity contribution < 1.29 is 18.3 Å². The number of carbonyl (C=O) groups excluding carboxylic acids is 1. The van der Waals surface area contributed by atoms with Crippen LogP contribution in [0.4, 0.5) is 0 Å². The van der Waals surface area contributed by atoms with Crippen LogP contribution < -0.4 is 4.72 Å². The van der Waals surface area contributed by atoms with Crippen molar-refractivity contribution in [3.8, 4) is 0 Å². The molecule has 0 saturated heterocycles. The first-order chi connectivity index (χ1) is 9.22. The molecule has 5 nitrogen and oxygen atoms in total. The third-order valence-corrected chi connectivity index (χ3v) is 4.26. The van der Waals surface area contributed by atoms with E-state index in [0.29, 0.717) is 17.9 Å². The van der Waals surface area contributed by atoms with Gasteiger partial charge in [0.2, 0.25) is 10.0 Å². The largest absolute Gasteiger partial charge is 0.392 e. The van der Waals surface area contributed by atoms with Crippen LogP contribution in [0.5, 0.6) is 0 Å². The van der Waals surface area contributed by atoms with Crippen molar-refractivity contribution in [3.63, 3.8) is 0 Å². The second-order valence-corrected chi connectivity index (χ2v) is 6.98. The first-order valence-corrected chi connectivity index (χ1v) is 7.99. The zero-order valence-corrected chi connectivity index (χ0v) is 12.8. The summed E-state index contributed by atoms with van der Waals surface area (Å²) in [6, 6.07) is 5.71. The number of benzene rings is 1. The maximum atomic E-state index is 12.0. The molecule has 2 N–H and O–H groups in total. The van der Waals surface area contributed by atoms with Crippen LogP contribution in [0.25, 0.3) is 0 Å². The Morgan fingerprint density at radius 2 is 1.80 bits per heavy atom. The van der Waals surface area contributed by atoms with E-state index in [-0.39, 0.29) is 17.2 Å². The van der Waals surface area contributed by atoms with Crippen molar-refractivity contribution in [2.45, 2.75) is 38.2 Å². The number of Topliss-reactive ketones (excluding diaryl/α,β-unsaturated/α-hetero) is 1. The van der Waals surface area contributed by atoms with Gasteiger partial charge in [-0.1, -0.05) is 26.0 Å². The summed E-state index contributed by atoms with van der Waals surface area (Å²) in [5.41, 5.74) is 0.462. The lowest BCUT2D eigenvalue weighted by Crippen LogP contribution is -2.32. The van der Waals surface area contributed by atoms with Crippen molar-refractivity contribution in [2.24, 2.45) is 5.92 Å². The molecular formula is C14H21NO4S. The third kappa shape index (κ3) is 5.03. The summed E-state index contributed by atoms with van der Waals surface area (Å²) in [5.74, 6) is 0.179. The molecule has 0 aromatic heterocycles. The highest BCUT2D eigenvalue weighted by molar-refractivity contribution is 7.89. The van der Waals surface area contributed by atoms with Crippen molar-refractivity contribution in [2.75, 3.05) is 6.54 Å². The molecule has 0 radical (unpaired) electrons. The molecule has 0 bridgehead atoms. The Morgan fingerprint density at radius 1 is 1.25 bits per heavy atom. The minimum atomic E-state index is -3.65. The molecule has 6 heteroatoms. The lowest BCUT2D eigenvalue weighted by Gasteiger charge is -2.14. The first-order valence-electron chi connectivity index (χ1n) is 6.51. The zero-order valence-electron chi connectivity index (χ0n) is 12.0. The Balaban J connectivity index is 2.71. The van der Waals surface area contributed by atoms with Crippen LogP contribution in [0.15, 0.2) is 29.2 Å². The molecule has 1 rings (SSSR count). The molecule has 0 aliphatic carbocycles. The molecule has 0 fully saturated rings. The number of nitrogens with one attached hydrogen (secondary N) is 1. The molecule has 1 atom stereocenters. The lowest BCUT2D eigenvalue weighted by molar-refractivity contribution is 0.101. The average molecular weight is 299 g/mol. The number of sulfonamides is 1. The maximum Gasteiger partial charge on any atom is 0.240 e. The molecule has 0 spiro atoms. The van der Waals surface area contributed by atoms with E-state index in [1.807, 2.05) is 13.8 Å². The summed E-state index contributed by atoms with van der Waals surface area (Å²) in [7, 11) is -3.65. The smallest absolute Gasteiger partial charge is 0.240 e. The second-order valence-electron chi connectivity index (χ2n) is 5.22. The van der Waals surface area contributed by atoms with E-state index in [9.17, 15) is 18.3 Å². The van der Waals surface area contributed by atoms with Gasteiger partial charge in [-0.3, -0.25) is 4.79 Å². The minimum Gasteiger partial charge on any atom is -0.392 e. The van der Waals surface area contributed by atoms with Gasteiger partial charge in [0.1, 0.15) is 0 Å². The molecule has 1 aromatic carbocycles. The molecule has 112 valence electrons. The summed E-state index contributed by atoms with van der Waals surface area (Å²) in [6.07, 6.45) is -0.174. The van der Waals surface area contributed by atoms with Gasteiger partial charge in [0.05, 0.1) is 11.0 Å². The quantitative estimate of drug-likeness (QED) is 0.749. The van der Waals surface area contributed by atoms with Gasteiger partial charge in [0, 0.05) is 12.1 Å². The molecule has 20 heavy (non-hydrogen) atoms. The van der Waals surface area contributed by atoms with E-state index in [1.165, 1.54) is 31.2 Å². The summed E-state index contributed by atoms with van der Waals surface area (Å²) < 4.78 is 26.4. The highest BCUT2D eigenvalue weighted by Gasteiger charge is 2.16. The van der Waals surface area contributed by atoms with Crippen LogP contribution in [0.1, 0.15) is 37.6 Å². The second kappa shape index (κ2) is 6.97. The van der Waals surface area contributed by atoms with Gasteiger partial charge in [-0.15, -0.1) is 0 Å². The highest BCUT2D eigenvalue weighted by Crippen LogP contribution is 2.11. The Labute approximate surface area is 120 Å². The van der Waals surface area contributed by atoms with E-state index in [2.05, 4.69) is 4.72 Å². The highest BCUT2D eigenvalue weighted by atomic mass is 32.2. The van der Waals surface area contributed by atoms with E-state index < -0.39 is 16.1 Å². The Morgan fingerprint density at radius 3 is 2.25 bits per heavy atom. The van der Waals surface area contributed by atoms with E-state index >= 15 is 0 Å². The van der Waals surface area contributed by atoms with Crippen molar-refractivity contribution in [3.05, 3.63) is 29.8 Å². The van der Waals surface area contributed by atoms with Gasteiger partial charge >= 0.3 is 0 Å². The molecule has 0 aliphatic heterocycles. The molecule has 1 unspecified atom stereocenters. The predicted molar refractivity (Wildman–Crippen MR) is 77.1 cm³/mol. The van der Waals surface area contributed by atoms with Crippen LogP contribution >= 0.6 is 0 Å². The van der Waals surface area contributed by atoms with Crippen LogP contribution in [-0.2, 0) is 10.0 Å². The number of carbonyl (C=O) groups is 1. The monoisotopic (exact) mass is 299 g/mol. The van der Waals surface area contributed by atoms with Crippen molar-refractivity contribution in [1.82, 2.24) is 4.72 Å². The topological polar surface area (TPSA) is 83.5 Å². The standard InChI is InChI=1S/C14H21NO4S/c1-10(2)8-13(17)9-15-20(18,19)14-6-4-12(5-7-14)11(3)16/h4-7,10,13,15,17H,8-9H2,1-3H3. The molecule has 0 amide bonds. The summed E-state index contributed by atoms with van der Waals surface area (Å²) in [6.45, 7) is 5.31. The Bertz CT molecular complexity index is 549. The van der Waals surface area contributed by atoms with Gasteiger partial charge in [-0.05, 0) is 31.4 Å². The van der Waals surface area contributed by atoms with Crippen molar-refractivity contribution in [1.29, 1.82) is 0 Å². The van der Waals surface area contributed by atoms with E-state index in [0.717, 1.165) is 0 Å². The lowest BCUT2D eigenvalue weighted by atomic mass is 10.1. The van der Waals surface area contributed by atoms with Crippen LogP contribution in [-0.4, -0.2) is 32.0 Å². The SMILES string of the molecule is CC(=O)c1ccc(S(=O)(=O)NCC(O)CC(C)C)cc1.